The quantitative estimate of drug-likeness (QED) is 0.583. The Hall–Kier alpha value is -0.520. The molecule has 0 unspecified atom stereocenters. The topological polar surface area (TPSA) is 0 Å². The Morgan fingerprint density at radius 2 is 1.75 bits per heavy atom. The highest BCUT2D eigenvalue weighted by atomic mass is 14.1. The fourth-order valence-electron chi connectivity index (χ4n) is 1.63. The van der Waals surface area contributed by atoms with Crippen LogP contribution in [-0.4, -0.2) is 0 Å². The van der Waals surface area contributed by atoms with Crippen molar-refractivity contribution >= 4 is 0 Å². The molecule has 0 spiro atoms. The summed E-state index contributed by atoms with van der Waals surface area (Å²) in [6.07, 6.45) is 12.5. The van der Waals surface area contributed by atoms with Crippen LogP contribution in [0.4, 0.5) is 0 Å². The van der Waals surface area contributed by atoms with Gasteiger partial charge in [0.25, 0.3) is 0 Å². The molecule has 0 saturated heterocycles. The molecule has 0 fully saturated rings. The highest BCUT2D eigenvalue weighted by Gasteiger charge is 2.03. The van der Waals surface area contributed by atoms with Crippen molar-refractivity contribution in [2.45, 2.75) is 52.4 Å². The third-order valence-corrected chi connectivity index (χ3v) is 2.63. The Kier molecular flexibility index (Phi) is 4.13. The minimum absolute atomic E-state index is 1.23. The van der Waals surface area contributed by atoms with E-state index >= 15 is 0 Å². The molecule has 0 heteroatoms. The molecular weight excluding hydrogens is 144 g/mol. The molecule has 0 bridgehead atoms. The summed E-state index contributed by atoms with van der Waals surface area (Å²) >= 11 is 0. The van der Waals surface area contributed by atoms with Gasteiger partial charge in [0.1, 0.15) is 0 Å². The predicted molar refractivity (Wildman–Crippen MR) is 55.2 cm³/mol. The summed E-state index contributed by atoms with van der Waals surface area (Å²) in [5.41, 5.74) is 3.28. The summed E-state index contributed by atoms with van der Waals surface area (Å²) in [4.78, 5) is 0. The molecule has 1 aliphatic carbocycles. The van der Waals surface area contributed by atoms with Crippen LogP contribution in [0.25, 0.3) is 0 Å². The van der Waals surface area contributed by atoms with Crippen molar-refractivity contribution in [1.29, 1.82) is 0 Å². The normalized spacial score (nSPS) is 17.2. The van der Waals surface area contributed by atoms with E-state index in [2.05, 4.69) is 26.0 Å². The third kappa shape index (κ3) is 2.84. The molecule has 0 aromatic rings. The molecule has 0 amide bonds. The Morgan fingerprint density at radius 3 is 2.25 bits per heavy atom. The lowest BCUT2D eigenvalue weighted by atomic mass is 9.94. The molecule has 1 rings (SSSR count). The molecule has 1 aliphatic rings. The van der Waals surface area contributed by atoms with Crippen LogP contribution in [0.2, 0.25) is 0 Å². The monoisotopic (exact) mass is 164 g/mol. The number of hydrogen-bond donors (Lipinski definition) is 0. The van der Waals surface area contributed by atoms with Crippen LogP contribution in [-0.2, 0) is 0 Å². The van der Waals surface area contributed by atoms with Crippen LogP contribution in [0.5, 0.6) is 0 Å². The zero-order chi connectivity index (χ0) is 8.81. The molecule has 0 heterocycles. The van der Waals surface area contributed by atoms with Gasteiger partial charge in [0.15, 0.2) is 0 Å². The standard InChI is InChI=1S/C12H20/c1-3-5-6-12-9-7-11(4-2)8-10-12/h7,9H,3-6,8,10H2,1-2H3. The number of rotatable bonds is 4. The third-order valence-electron chi connectivity index (χ3n) is 2.63. The summed E-state index contributed by atoms with van der Waals surface area (Å²) in [7, 11) is 0. The van der Waals surface area contributed by atoms with Crippen LogP contribution >= 0.6 is 0 Å². The molecule has 0 saturated carbocycles. The van der Waals surface area contributed by atoms with Crippen molar-refractivity contribution in [3.05, 3.63) is 23.3 Å². The first kappa shape index (κ1) is 9.57. The van der Waals surface area contributed by atoms with Gasteiger partial charge in [0.05, 0.1) is 0 Å². The number of allylic oxidation sites excluding steroid dienone is 4. The van der Waals surface area contributed by atoms with E-state index in [0.29, 0.717) is 0 Å². The Bertz CT molecular complexity index is 184. The summed E-state index contributed by atoms with van der Waals surface area (Å²) in [5, 5.41) is 0. The second-order valence-corrected chi connectivity index (χ2v) is 3.61. The van der Waals surface area contributed by atoms with Crippen molar-refractivity contribution in [1.82, 2.24) is 0 Å². The average molecular weight is 164 g/mol. The van der Waals surface area contributed by atoms with Gasteiger partial charge in [0, 0.05) is 0 Å². The second-order valence-electron chi connectivity index (χ2n) is 3.61. The maximum absolute atomic E-state index is 2.35. The van der Waals surface area contributed by atoms with Gasteiger partial charge >= 0.3 is 0 Å². The molecule has 0 aliphatic heterocycles. The van der Waals surface area contributed by atoms with Gasteiger partial charge in [-0.15, -0.1) is 0 Å². The minimum Gasteiger partial charge on any atom is -0.0702 e. The van der Waals surface area contributed by atoms with Crippen LogP contribution < -0.4 is 0 Å². The van der Waals surface area contributed by atoms with Gasteiger partial charge in [-0.3, -0.25) is 0 Å². The molecule has 0 aromatic carbocycles. The van der Waals surface area contributed by atoms with E-state index in [1.54, 1.807) is 11.1 Å². The summed E-state index contributed by atoms with van der Waals surface area (Å²) in [5.74, 6) is 0. The molecule has 0 aromatic heterocycles. The van der Waals surface area contributed by atoms with E-state index in [1.165, 1.54) is 38.5 Å². The molecule has 0 atom stereocenters. The highest BCUT2D eigenvalue weighted by Crippen LogP contribution is 2.23. The zero-order valence-electron chi connectivity index (χ0n) is 8.40. The molecular formula is C12H20. The summed E-state index contributed by atoms with van der Waals surface area (Å²) in [6, 6.07) is 0. The van der Waals surface area contributed by atoms with Crippen molar-refractivity contribution in [3.8, 4) is 0 Å². The van der Waals surface area contributed by atoms with Crippen LogP contribution in [0.1, 0.15) is 52.4 Å². The first-order valence-electron chi connectivity index (χ1n) is 5.24. The number of hydrogen-bond acceptors (Lipinski definition) is 0. The summed E-state index contributed by atoms with van der Waals surface area (Å²) < 4.78 is 0. The van der Waals surface area contributed by atoms with Crippen molar-refractivity contribution in [3.63, 3.8) is 0 Å². The van der Waals surface area contributed by atoms with Gasteiger partial charge in [-0.2, -0.15) is 0 Å². The van der Waals surface area contributed by atoms with Gasteiger partial charge in [-0.25, -0.2) is 0 Å². The fraction of sp³-hybridized carbons (Fsp3) is 0.667. The molecule has 68 valence electrons. The smallest absolute Gasteiger partial charge is 0.0280 e. The van der Waals surface area contributed by atoms with Crippen LogP contribution in [0.15, 0.2) is 23.3 Å². The van der Waals surface area contributed by atoms with Gasteiger partial charge in [-0.1, -0.05) is 43.6 Å². The average Bonchev–Trinajstić information content (AvgIpc) is 2.15. The predicted octanol–water partition coefficient (Wildman–Crippen LogP) is 4.23. The van der Waals surface area contributed by atoms with Crippen molar-refractivity contribution in [2.75, 3.05) is 0 Å². The number of unbranched alkanes of at least 4 members (excludes halogenated alkanes) is 1. The van der Waals surface area contributed by atoms with Crippen LogP contribution in [0.3, 0.4) is 0 Å². The van der Waals surface area contributed by atoms with Crippen molar-refractivity contribution in [2.24, 2.45) is 0 Å². The van der Waals surface area contributed by atoms with Crippen LogP contribution in [0, 0.1) is 0 Å². The lowest BCUT2D eigenvalue weighted by Gasteiger charge is -2.12. The molecule has 0 N–H and O–H groups in total. The van der Waals surface area contributed by atoms with Gasteiger partial charge in [-0.05, 0) is 32.1 Å². The molecule has 0 nitrogen and oxygen atoms in total. The lowest BCUT2D eigenvalue weighted by Crippen LogP contribution is -1.92. The van der Waals surface area contributed by atoms with E-state index in [0.717, 1.165) is 0 Å². The highest BCUT2D eigenvalue weighted by molar-refractivity contribution is 5.23. The molecule has 0 radical (unpaired) electrons. The van der Waals surface area contributed by atoms with E-state index in [1.807, 2.05) is 0 Å². The van der Waals surface area contributed by atoms with E-state index in [-0.39, 0.29) is 0 Å². The van der Waals surface area contributed by atoms with Gasteiger partial charge in [0.2, 0.25) is 0 Å². The maximum atomic E-state index is 2.35. The Morgan fingerprint density at radius 1 is 1.08 bits per heavy atom. The van der Waals surface area contributed by atoms with Crippen molar-refractivity contribution < 1.29 is 0 Å². The molecule has 12 heavy (non-hydrogen) atoms. The second kappa shape index (κ2) is 5.18. The Balaban J connectivity index is 2.37. The zero-order valence-corrected chi connectivity index (χ0v) is 8.40. The van der Waals surface area contributed by atoms with E-state index in [9.17, 15) is 0 Å². The maximum Gasteiger partial charge on any atom is -0.0280 e. The van der Waals surface area contributed by atoms with E-state index in [4.69, 9.17) is 0 Å². The Labute approximate surface area is 76.4 Å². The fourth-order valence-corrected chi connectivity index (χ4v) is 1.63. The summed E-state index contributed by atoms with van der Waals surface area (Å²) in [6.45, 7) is 4.51. The first-order chi connectivity index (χ1) is 5.86. The minimum atomic E-state index is 1.23. The first-order valence-corrected chi connectivity index (χ1v) is 5.24. The SMILES string of the molecule is CCCCC1=CC=C(CC)CC1. The van der Waals surface area contributed by atoms with E-state index < -0.39 is 0 Å². The largest absolute Gasteiger partial charge is 0.0702 e. The lowest BCUT2D eigenvalue weighted by molar-refractivity contribution is 0.734. The van der Waals surface area contributed by atoms with Gasteiger partial charge < -0.3 is 0 Å².